The molecular weight excluding hydrogens is 222 g/mol. The Morgan fingerprint density at radius 1 is 1.44 bits per heavy atom. The summed E-state index contributed by atoms with van der Waals surface area (Å²) in [5.41, 5.74) is 2.31. The molecule has 3 nitrogen and oxygen atoms in total. The molecule has 100 valence electrons. The summed E-state index contributed by atoms with van der Waals surface area (Å²) in [5, 5.41) is 3.40. The first-order valence-electron chi connectivity index (χ1n) is 7.04. The smallest absolute Gasteiger partial charge is 0.0547 e. The third-order valence-corrected chi connectivity index (χ3v) is 4.01. The van der Waals surface area contributed by atoms with Crippen LogP contribution in [-0.4, -0.2) is 35.6 Å². The largest absolute Gasteiger partial charge is 0.316 e. The van der Waals surface area contributed by atoms with Gasteiger partial charge >= 0.3 is 0 Å². The lowest BCUT2D eigenvalue weighted by atomic mass is 9.96. The van der Waals surface area contributed by atoms with Crippen LogP contribution in [0.1, 0.15) is 37.6 Å². The number of piperidine rings is 1. The maximum Gasteiger partial charge on any atom is 0.0547 e. The fraction of sp³-hybridized carbons (Fsp3) is 0.667. The average Bonchev–Trinajstić information content (AvgIpc) is 2.38. The molecule has 0 bridgehead atoms. The summed E-state index contributed by atoms with van der Waals surface area (Å²) >= 11 is 0. The fourth-order valence-corrected chi connectivity index (χ4v) is 2.87. The third kappa shape index (κ3) is 3.30. The summed E-state index contributed by atoms with van der Waals surface area (Å²) in [5.74, 6) is 0. The van der Waals surface area contributed by atoms with Crippen LogP contribution in [0.4, 0.5) is 0 Å². The summed E-state index contributed by atoms with van der Waals surface area (Å²) < 4.78 is 0. The molecule has 0 amide bonds. The minimum absolute atomic E-state index is 0.551. The van der Waals surface area contributed by atoms with Crippen molar-refractivity contribution in [1.82, 2.24) is 15.2 Å². The summed E-state index contributed by atoms with van der Waals surface area (Å²) in [7, 11) is 2.06. The molecule has 2 unspecified atom stereocenters. The van der Waals surface area contributed by atoms with Crippen LogP contribution >= 0.6 is 0 Å². The van der Waals surface area contributed by atoms with E-state index in [9.17, 15) is 0 Å². The number of nitrogens with zero attached hydrogens (tertiary/aromatic N) is 2. The fourth-order valence-electron chi connectivity index (χ4n) is 2.87. The van der Waals surface area contributed by atoms with E-state index in [2.05, 4.69) is 54.3 Å². The number of nitrogens with one attached hydrogen (secondary N) is 1. The Kier molecular flexibility index (Phi) is 4.72. The van der Waals surface area contributed by atoms with Gasteiger partial charge in [0, 0.05) is 24.3 Å². The number of likely N-dealkylation sites (tertiary alicyclic amines) is 1. The van der Waals surface area contributed by atoms with Crippen LogP contribution in [0.5, 0.6) is 0 Å². The second-order valence-electron chi connectivity index (χ2n) is 5.38. The van der Waals surface area contributed by atoms with Crippen molar-refractivity contribution in [3.05, 3.63) is 29.6 Å². The van der Waals surface area contributed by atoms with Gasteiger partial charge < -0.3 is 5.32 Å². The van der Waals surface area contributed by atoms with E-state index in [0.717, 1.165) is 12.2 Å². The maximum absolute atomic E-state index is 4.62. The highest BCUT2D eigenvalue weighted by atomic mass is 15.2. The predicted octanol–water partition coefficient (Wildman–Crippen LogP) is 2.35. The van der Waals surface area contributed by atoms with Crippen LogP contribution in [0.25, 0.3) is 0 Å². The highest BCUT2D eigenvalue weighted by Crippen LogP contribution is 2.21. The molecule has 1 aromatic heterocycles. The van der Waals surface area contributed by atoms with Gasteiger partial charge in [-0.2, -0.15) is 0 Å². The van der Waals surface area contributed by atoms with Gasteiger partial charge in [-0.1, -0.05) is 12.5 Å². The number of pyridine rings is 1. The van der Waals surface area contributed by atoms with Crippen molar-refractivity contribution >= 4 is 0 Å². The van der Waals surface area contributed by atoms with E-state index in [1.807, 2.05) is 0 Å². The molecule has 1 aliphatic heterocycles. The molecule has 2 atom stereocenters. The zero-order valence-corrected chi connectivity index (χ0v) is 11.8. The van der Waals surface area contributed by atoms with Crippen molar-refractivity contribution in [3.8, 4) is 0 Å². The Labute approximate surface area is 111 Å². The van der Waals surface area contributed by atoms with Crippen molar-refractivity contribution in [2.45, 2.75) is 51.7 Å². The Bertz CT molecular complexity index is 378. The van der Waals surface area contributed by atoms with E-state index < -0.39 is 0 Å². The van der Waals surface area contributed by atoms with Crippen molar-refractivity contribution in [2.24, 2.45) is 0 Å². The highest BCUT2D eigenvalue weighted by molar-refractivity contribution is 5.10. The molecule has 3 heteroatoms. The van der Waals surface area contributed by atoms with Gasteiger partial charge in [0.25, 0.3) is 0 Å². The van der Waals surface area contributed by atoms with E-state index in [0.29, 0.717) is 12.1 Å². The van der Waals surface area contributed by atoms with Gasteiger partial charge in [-0.05, 0) is 52.4 Å². The standard InChI is InChI=1S/C15H25N3/c1-12-7-6-8-14(17-12)11-18-10-5-4-9-15(18)13(2)16-3/h6-8,13,15-16H,4-5,9-11H2,1-3H3. The zero-order chi connectivity index (χ0) is 13.0. The van der Waals surface area contributed by atoms with Gasteiger partial charge in [-0.15, -0.1) is 0 Å². The van der Waals surface area contributed by atoms with Crippen LogP contribution in [0.2, 0.25) is 0 Å². The molecule has 18 heavy (non-hydrogen) atoms. The number of aromatic nitrogens is 1. The first kappa shape index (κ1) is 13.5. The van der Waals surface area contributed by atoms with E-state index >= 15 is 0 Å². The summed E-state index contributed by atoms with van der Waals surface area (Å²) in [6.45, 7) is 6.53. The molecule has 1 aliphatic rings. The first-order valence-corrected chi connectivity index (χ1v) is 7.04. The molecule has 2 rings (SSSR count). The highest BCUT2D eigenvalue weighted by Gasteiger charge is 2.26. The monoisotopic (exact) mass is 247 g/mol. The molecule has 1 aromatic rings. The summed E-state index contributed by atoms with van der Waals surface area (Å²) in [4.78, 5) is 7.21. The molecule has 0 radical (unpaired) electrons. The molecule has 1 saturated heterocycles. The van der Waals surface area contributed by atoms with Gasteiger partial charge in [-0.25, -0.2) is 0 Å². The Balaban J connectivity index is 2.05. The lowest BCUT2D eigenvalue weighted by Crippen LogP contribution is -2.49. The Morgan fingerprint density at radius 2 is 2.28 bits per heavy atom. The first-order chi connectivity index (χ1) is 8.70. The van der Waals surface area contributed by atoms with Crippen molar-refractivity contribution in [3.63, 3.8) is 0 Å². The normalized spacial score (nSPS) is 22.9. The van der Waals surface area contributed by atoms with Gasteiger partial charge in [0.1, 0.15) is 0 Å². The quantitative estimate of drug-likeness (QED) is 0.885. The Hall–Kier alpha value is -0.930. The van der Waals surface area contributed by atoms with E-state index in [-0.39, 0.29) is 0 Å². The lowest BCUT2D eigenvalue weighted by Gasteiger charge is -2.39. The van der Waals surface area contributed by atoms with Crippen LogP contribution in [0.15, 0.2) is 18.2 Å². The van der Waals surface area contributed by atoms with Crippen LogP contribution in [0.3, 0.4) is 0 Å². The van der Waals surface area contributed by atoms with E-state index in [1.165, 1.54) is 31.5 Å². The summed E-state index contributed by atoms with van der Waals surface area (Å²) in [6, 6.07) is 7.51. The Morgan fingerprint density at radius 3 is 3.00 bits per heavy atom. The zero-order valence-electron chi connectivity index (χ0n) is 11.8. The van der Waals surface area contributed by atoms with Crippen molar-refractivity contribution in [2.75, 3.05) is 13.6 Å². The second kappa shape index (κ2) is 6.30. The van der Waals surface area contributed by atoms with Crippen LogP contribution < -0.4 is 5.32 Å². The molecule has 0 spiro atoms. The number of likely N-dealkylation sites (N-methyl/N-ethyl adjacent to an activating group) is 1. The SMILES string of the molecule is CNC(C)C1CCCCN1Cc1cccc(C)n1. The number of hydrogen-bond donors (Lipinski definition) is 1. The molecule has 1 fully saturated rings. The van der Waals surface area contributed by atoms with Gasteiger partial charge in [-0.3, -0.25) is 9.88 Å². The van der Waals surface area contributed by atoms with Crippen LogP contribution in [-0.2, 0) is 6.54 Å². The molecule has 0 aromatic carbocycles. The van der Waals surface area contributed by atoms with Gasteiger partial charge in [0.05, 0.1) is 5.69 Å². The maximum atomic E-state index is 4.62. The second-order valence-corrected chi connectivity index (χ2v) is 5.38. The molecule has 2 heterocycles. The predicted molar refractivity (Wildman–Crippen MR) is 75.5 cm³/mol. The number of aryl methyl sites for hydroxylation is 1. The van der Waals surface area contributed by atoms with Crippen molar-refractivity contribution in [1.29, 1.82) is 0 Å². The van der Waals surface area contributed by atoms with Crippen molar-refractivity contribution < 1.29 is 0 Å². The third-order valence-electron chi connectivity index (χ3n) is 4.01. The topological polar surface area (TPSA) is 28.2 Å². The van der Waals surface area contributed by atoms with E-state index in [4.69, 9.17) is 0 Å². The molecular formula is C15H25N3. The molecule has 0 saturated carbocycles. The van der Waals surface area contributed by atoms with Crippen LogP contribution in [0, 0.1) is 6.92 Å². The van der Waals surface area contributed by atoms with Gasteiger partial charge in [0.15, 0.2) is 0 Å². The number of hydrogen-bond acceptors (Lipinski definition) is 3. The number of rotatable bonds is 4. The molecule has 0 aliphatic carbocycles. The summed E-state index contributed by atoms with van der Waals surface area (Å²) in [6.07, 6.45) is 3.97. The van der Waals surface area contributed by atoms with Gasteiger partial charge in [0.2, 0.25) is 0 Å². The average molecular weight is 247 g/mol. The minimum Gasteiger partial charge on any atom is -0.316 e. The lowest BCUT2D eigenvalue weighted by molar-refractivity contribution is 0.113. The molecule has 1 N–H and O–H groups in total. The van der Waals surface area contributed by atoms with E-state index in [1.54, 1.807) is 0 Å². The minimum atomic E-state index is 0.551.